The number of aromatic amines is 1. The molecule has 2 aromatic rings. The molecule has 3 atom stereocenters. The number of nitrogens with zero attached hydrogens (tertiary/aromatic N) is 2. The molecule has 2 bridgehead atoms. The minimum Gasteiger partial charge on any atom is -0.435 e. The third-order valence-electron chi connectivity index (χ3n) is 5.41. The van der Waals surface area contributed by atoms with Crippen LogP contribution >= 0.6 is 12.4 Å². The van der Waals surface area contributed by atoms with Gasteiger partial charge in [-0.3, -0.25) is 9.89 Å². The quantitative estimate of drug-likeness (QED) is 0.847. The Kier molecular flexibility index (Phi) is 5.34. The number of carbonyl (C=O) groups is 1. The van der Waals surface area contributed by atoms with Crippen molar-refractivity contribution in [3.05, 3.63) is 23.9 Å². The molecular formula is C17H21ClF2N4O2. The number of piperidine rings is 1. The van der Waals surface area contributed by atoms with Gasteiger partial charge in [-0.15, -0.1) is 12.4 Å². The number of hydrogen-bond donors (Lipinski definition) is 2. The van der Waals surface area contributed by atoms with E-state index in [0.29, 0.717) is 23.0 Å². The standard InChI is InChI=1S/C17H20F2N4O2.ClH/c1-23-10-2-3-11(23)7-9(6-10)20-16(24)15-13-8-12(25-17(18)19)4-5-14(13)21-22-15;/h4-5,8-11,17H,2-3,6-7H2,1H3,(H,20,24)(H,21,22);1H/t9-,10+,11-;. The Morgan fingerprint density at radius 1 is 1.35 bits per heavy atom. The van der Waals surface area contributed by atoms with Crippen LogP contribution in [0.2, 0.25) is 0 Å². The summed E-state index contributed by atoms with van der Waals surface area (Å²) >= 11 is 0. The lowest BCUT2D eigenvalue weighted by Gasteiger charge is -2.36. The van der Waals surface area contributed by atoms with Crippen LogP contribution in [-0.2, 0) is 0 Å². The number of benzene rings is 1. The first kappa shape index (κ1) is 18.8. The number of aromatic nitrogens is 2. The highest BCUT2D eigenvalue weighted by molar-refractivity contribution is 6.05. The molecule has 0 radical (unpaired) electrons. The Labute approximate surface area is 155 Å². The van der Waals surface area contributed by atoms with Crippen molar-refractivity contribution in [2.75, 3.05) is 7.05 Å². The van der Waals surface area contributed by atoms with Crippen molar-refractivity contribution in [3.8, 4) is 5.75 Å². The fourth-order valence-electron chi connectivity index (χ4n) is 4.13. The average Bonchev–Trinajstić information content (AvgIpc) is 3.04. The van der Waals surface area contributed by atoms with Crippen LogP contribution in [0.4, 0.5) is 8.78 Å². The van der Waals surface area contributed by atoms with E-state index in [1.54, 1.807) is 6.07 Å². The molecule has 1 aromatic carbocycles. The zero-order valence-corrected chi connectivity index (χ0v) is 15.1. The molecule has 4 rings (SSSR count). The van der Waals surface area contributed by atoms with Crippen molar-refractivity contribution in [1.82, 2.24) is 20.4 Å². The van der Waals surface area contributed by atoms with Crippen LogP contribution in [0, 0.1) is 0 Å². The van der Waals surface area contributed by atoms with E-state index >= 15 is 0 Å². The molecule has 0 unspecified atom stereocenters. The van der Waals surface area contributed by atoms with Gasteiger partial charge in [0.25, 0.3) is 5.91 Å². The van der Waals surface area contributed by atoms with Gasteiger partial charge in [-0.1, -0.05) is 0 Å². The van der Waals surface area contributed by atoms with Crippen LogP contribution in [0.25, 0.3) is 10.9 Å². The van der Waals surface area contributed by atoms with E-state index in [2.05, 4.69) is 32.2 Å². The second-order valence-electron chi connectivity index (χ2n) is 6.85. The van der Waals surface area contributed by atoms with Crippen molar-refractivity contribution < 1.29 is 18.3 Å². The molecule has 2 aliphatic heterocycles. The SMILES string of the molecule is CN1[C@@H]2CC[C@H]1C[C@@H](NC(=O)c1n[nH]c3ccc(OC(F)F)cc13)C2.Cl. The highest BCUT2D eigenvalue weighted by atomic mass is 35.5. The minimum atomic E-state index is -2.91. The molecule has 0 saturated carbocycles. The summed E-state index contributed by atoms with van der Waals surface area (Å²) in [6, 6.07) is 5.57. The van der Waals surface area contributed by atoms with Gasteiger partial charge in [-0.05, 0) is 50.9 Å². The third-order valence-corrected chi connectivity index (χ3v) is 5.41. The summed E-state index contributed by atoms with van der Waals surface area (Å²) in [5.41, 5.74) is 0.816. The van der Waals surface area contributed by atoms with E-state index < -0.39 is 6.61 Å². The first-order valence-electron chi connectivity index (χ1n) is 8.47. The van der Waals surface area contributed by atoms with Gasteiger partial charge in [-0.2, -0.15) is 13.9 Å². The average molecular weight is 387 g/mol. The predicted octanol–water partition coefficient (Wildman–Crippen LogP) is 2.94. The minimum absolute atomic E-state index is 0. The number of hydrogen-bond acceptors (Lipinski definition) is 4. The number of alkyl halides is 2. The zero-order chi connectivity index (χ0) is 17.6. The van der Waals surface area contributed by atoms with Crippen LogP contribution < -0.4 is 10.1 Å². The molecule has 26 heavy (non-hydrogen) atoms. The maximum atomic E-state index is 12.6. The first-order chi connectivity index (χ1) is 12.0. The number of ether oxygens (including phenoxy) is 1. The van der Waals surface area contributed by atoms with E-state index in [9.17, 15) is 13.6 Å². The molecule has 2 aliphatic rings. The Bertz CT molecular complexity index is 786. The van der Waals surface area contributed by atoms with E-state index in [4.69, 9.17) is 0 Å². The summed E-state index contributed by atoms with van der Waals surface area (Å²) < 4.78 is 29.2. The monoisotopic (exact) mass is 386 g/mol. The van der Waals surface area contributed by atoms with Gasteiger partial charge in [0.15, 0.2) is 5.69 Å². The van der Waals surface area contributed by atoms with Gasteiger partial charge in [0, 0.05) is 23.5 Å². The highest BCUT2D eigenvalue weighted by Crippen LogP contribution is 2.34. The molecule has 2 saturated heterocycles. The van der Waals surface area contributed by atoms with E-state index in [0.717, 1.165) is 12.8 Å². The molecular weight excluding hydrogens is 366 g/mol. The van der Waals surface area contributed by atoms with Crippen molar-refractivity contribution in [2.24, 2.45) is 0 Å². The van der Waals surface area contributed by atoms with E-state index in [-0.39, 0.29) is 35.8 Å². The van der Waals surface area contributed by atoms with Crippen LogP contribution in [0.15, 0.2) is 18.2 Å². The number of halogens is 3. The molecule has 1 aromatic heterocycles. The number of carbonyl (C=O) groups excluding carboxylic acids is 1. The van der Waals surface area contributed by atoms with Gasteiger partial charge < -0.3 is 15.0 Å². The molecule has 6 nitrogen and oxygen atoms in total. The lowest BCUT2D eigenvalue weighted by atomic mass is 9.98. The lowest BCUT2D eigenvalue weighted by molar-refractivity contribution is -0.0497. The fraction of sp³-hybridized carbons (Fsp3) is 0.529. The molecule has 0 aliphatic carbocycles. The second kappa shape index (κ2) is 7.36. The largest absolute Gasteiger partial charge is 0.435 e. The molecule has 2 fully saturated rings. The molecule has 0 spiro atoms. The number of amides is 1. The van der Waals surface area contributed by atoms with Crippen LogP contribution in [-0.4, -0.2) is 52.8 Å². The highest BCUT2D eigenvalue weighted by Gasteiger charge is 2.39. The summed E-state index contributed by atoms with van der Waals surface area (Å²) in [6.45, 7) is -2.91. The van der Waals surface area contributed by atoms with Gasteiger partial charge in [0.2, 0.25) is 0 Å². The Morgan fingerprint density at radius 3 is 2.69 bits per heavy atom. The van der Waals surface area contributed by atoms with Crippen LogP contribution in [0.3, 0.4) is 0 Å². The van der Waals surface area contributed by atoms with Crippen molar-refractivity contribution in [2.45, 2.75) is 50.4 Å². The van der Waals surface area contributed by atoms with Gasteiger partial charge in [0.05, 0.1) is 5.52 Å². The molecule has 3 heterocycles. The second-order valence-corrected chi connectivity index (χ2v) is 6.85. The first-order valence-corrected chi connectivity index (χ1v) is 8.47. The summed E-state index contributed by atoms with van der Waals surface area (Å²) in [5, 5.41) is 10.4. The fourth-order valence-corrected chi connectivity index (χ4v) is 4.13. The van der Waals surface area contributed by atoms with Crippen LogP contribution in [0.5, 0.6) is 5.75 Å². The summed E-state index contributed by atoms with van der Waals surface area (Å²) in [7, 11) is 2.14. The van der Waals surface area contributed by atoms with E-state index in [1.165, 1.54) is 25.0 Å². The molecule has 142 valence electrons. The van der Waals surface area contributed by atoms with Gasteiger partial charge >= 0.3 is 6.61 Å². The van der Waals surface area contributed by atoms with Gasteiger partial charge in [-0.25, -0.2) is 0 Å². The van der Waals surface area contributed by atoms with Gasteiger partial charge in [0.1, 0.15) is 5.75 Å². The third kappa shape index (κ3) is 3.48. The smallest absolute Gasteiger partial charge is 0.387 e. The lowest BCUT2D eigenvalue weighted by Crippen LogP contribution is -2.48. The Balaban J connectivity index is 0.00000196. The normalized spacial score (nSPS) is 25.3. The maximum absolute atomic E-state index is 12.6. The number of H-pyrrole nitrogens is 1. The Morgan fingerprint density at radius 2 is 2.04 bits per heavy atom. The number of rotatable bonds is 4. The maximum Gasteiger partial charge on any atom is 0.387 e. The predicted molar refractivity (Wildman–Crippen MR) is 95.0 cm³/mol. The summed E-state index contributed by atoms with van der Waals surface area (Å²) in [4.78, 5) is 15.0. The number of nitrogens with one attached hydrogen (secondary N) is 2. The summed E-state index contributed by atoms with van der Waals surface area (Å²) in [5.74, 6) is -0.273. The van der Waals surface area contributed by atoms with Crippen molar-refractivity contribution in [3.63, 3.8) is 0 Å². The van der Waals surface area contributed by atoms with Crippen LogP contribution in [0.1, 0.15) is 36.2 Å². The van der Waals surface area contributed by atoms with Crippen molar-refractivity contribution in [1.29, 1.82) is 0 Å². The molecule has 1 amide bonds. The van der Waals surface area contributed by atoms with Crippen molar-refractivity contribution >= 4 is 29.2 Å². The Hall–Kier alpha value is -1.93. The molecule has 2 N–H and O–H groups in total. The van der Waals surface area contributed by atoms with E-state index in [1.807, 2.05) is 0 Å². The summed E-state index contributed by atoms with van der Waals surface area (Å²) in [6.07, 6.45) is 4.21. The topological polar surface area (TPSA) is 70.2 Å². The molecule has 9 heteroatoms. The number of fused-ring (bicyclic) bond motifs is 3. The zero-order valence-electron chi connectivity index (χ0n) is 14.2.